The molecule has 6 aliphatic rings. The van der Waals surface area contributed by atoms with Crippen molar-refractivity contribution in [2.24, 2.45) is 11.8 Å². The zero-order chi connectivity index (χ0) is 50.2. The van der Waals surface area contributed by atoms with E-state index in [1.54, 1.807) is 46.1 Å². The molecule has 4 aromatic rings. The summed E-state index contributed by atoms with van der Waals surface area (Å²) in [6, 6.07) is 19.7. The molecule has 5 atom stereocenters. The zero-order valence-corrected chi connectivity index (χ0v) is 41.8. The van der Waals surface area contributed by atoms with Gasteiger partial charge >= 0.3 is 0 Å². The van der Waals surface area contributed by atoms with Crippen LogP contribution < -0.4 is 25.8 Å². The van der Waals surface area contributed by atoms with E-state index < -0.39 is 28.4 Å². The van der Waals surface area contributed by atoms with E-state index >= 15 is 23.2 Å². The monoisotopic (exact) mass is 979 g/mol. The van der Waals surface area contributed by atoms with E-state index in [9.17, 15) is 4.79 Å². The molecule has 4 amide bonds. The van der Waals surface area contributed by atoms with Crippen molar-refractivity contribution in [3.63, 3.8) is 0 Å². The molecule has 72 heavy (non-hydrogen) atoms. The number of aryl methyl sites for hydroxylation is 1. The van der Waals surface area contributed by atoms with E-state index in [1.165, 1.54) is 34.7 Å². The summed E-state index contributed by atoms with van der Waals surface area (Å²) in [5, 5.41) is 10.4. The highest BCUT2D eigenvalue weighted by atomic mass is 19.1. The maximum atomic E-state index is 15.4. The molecule has 3 aromatic carbocycles. The van der Waals surface area contributed by atoms with Gasteiger partial charge in [0, 0.05) is 61.1 Å². The zero-order valence-electron chi connectivity index (χ0n) is 41.8. The average Bonchev–Trinajstić information content (AvgIpc) is 4.15. The van der Waals surface area contributed by atoms with Crippen LogP contribution in [-0.4, -0.2) is 73.4 Å². The predicted octanol–water partition coefficient (Wildman–Crippen LogP) is 9.11. The molecule has 3 N–H and O–H groups in total. The summed E-state index contributed by atoms with van der Waals surface area (Å²) >= 11 is 0. The number of nitrogens with one attached hydrogen (secondary N) is 3. The SMILES string of the molecule is Cc1nccn1CC(=O)N(c1cccc(F)c1)C1(C(=O)NC2CCCC(CC3(C)NC=CN3CC(=O)N(c3cccc(F)c3)C3(C(=O)NC4CCCCC4)CCC4=C3C=CCC4C)C2)Cc2ccccc2C1. The van der Waals surface area contributed by atoms with Crippen molar-refractivity contribution in [1.82, 2.24) is 30.4 Å². The van der Waals surface area contributed by atoms with Crippen molar-refractivity contribution < 1.29 is 28.0 Å². The van der Waals surface area contributed by atoms with Crippen LogP contribution in [-0.2, 0) is 38.6 Å². The molecule has 5 aliphatic carbocycles. The molecule has 0 saturated heterocycles. The number of imidazole rings is 1. The quantitative estimate of drug-likeness (QED) is 0.115. The van der Waals surface area contributed by atoms with Crippen molar-refractivity contribution in [1.29, 1.82) is 0 Å². The minimum atomic E-state index is -1.38. The molecule has 1 aliphatic heterocycles. The highest BCUT2D eigenvalue weighted by Crippen LogP contribution is 2.49. The van der Waals surface area contributed by atoms with E-state index in [-0.39, 0.29) is 73.5 Å². The number of allylic oxidation sites excluding steroid dienone is 2. The van der Waals surface area contributed by atoms with Crippen LogP contribution in [0.15, 0.2) is 121 Å². The van der Waals surface area contributed by atoms with Crippen LogP contribution in [0.4, 0.5) is 20.2 Å². The molecule has 1 aromatic heterocycles. The lowest BCUT2D eigenvalue weighted by molar-refractivity contribution is -0.131. The molecule has 0 spiro atoms. The van der Waals surface area contributed by atoms with Gasteiger partial charge in [0.25, 0.3) is 5.91 Å². The maximum Gasteiger partial charge on any atom is 0.251 e. The normalized spacial score (nSPS) is 25.4. The van der Waals surface area contributed by atoms with Gasteiger partial charge in [-0.25, -0.2) is 13.8 Å². The topological polar surface area (TPSA) is 132 Å². The van der Waals surface area contributed by atoms with Crippen LogP contribution >= 0.6 is 0 Å². The van der Waals surface area contributed by atoms with Crippen molar-refractivity contribution in [2.75, 3.05) is 16.3 Å². The van der Waals surface area contributed by atoms with Crippen LogP contribution in [0.2, 0.25) is 0 Å². The van der Waals surface area contributed by atoms with Gasteiger partial charge in [-0.15, -0.1) is 0 Å². The first-order valence-electron chi connectivity index (χ1n) is 26.2. The first-order chi connectivity index (χ1) is 34.8. The number of anilines is 2. The Balaban J connectivity index is 0.902. The molecule has 5 unspecified atom stereocenters. The standard InChI is InChI=1S/C58H68F2N8O4/c1-39-13-9-24-51-50(39)25-26-58(51,55(72)63-46-19-5-4-6-20-46)68(49-23-12-18-45(60)33-49)53(70)38-66-30-28-62-56(66,3)34-41-14-10-21-47(31-41)64-54(71)57(35-42-15-7-8-16-43(42)36-57)67(48-22-11-17-44(59)32-48)52(69)37-65-29-27-61-40(65)2/h7-9,11-12,15-18,22-24,27-30,32-33,39,41,46-47,62H,4-6,10,13-14,19-21,25-26,31,34-38H2,1-3H3,(H,63,72)(H,64,71). The molecule has 0 bridgehead atoms. The lowest BCUT2D eigenvalue weighted by Gasteiger charge is -2.45. The molecule has 2 fully saturated rings. The van der Waals surface area contributed by atoms with Crippen molar-refractivity contribution in [3.05, 3.63) is 149 Å². The van der Waals surface area contributed by atoms with Crippen LogP contribution in [0.5, 0.6) is 0 Å². The molecule has 14 heteroatoms. The molecule has 2 saturated carbocycles. The summed E-state index contributed by atoms with van der Waals surface area (Å²) in [6.45, 7) is 5.92. The van der Waals surface area contributed by atoms with Gasteiger partial charge in [0.2, 0.25) is 17.7 Å². The molecule has 10 rings (SSSR count). The van der Waals surface area contributed by atoms with E-state index in [2.05, 4.69) is 40.9 Å². The fraction of sp³-hybridized carbons (Fsp3) is 0.466. The Bertz CT molecular complexity index is 2790. The third-order valence-corrected chi connectivity index (χ3v) is 16.8. The summed E-state index contributed by atoms with van der Waals surface area (Å²) in [5.41, 5.74) is 1.16. The van der Waals surface area contributed by atoms with E-state index in [4.69, 9.17) is 0 Å². The van der Waals surface area contributed by atoms with Gasteiger partial charge in [-0.3, -0.25) is 29.0 Å². The Morgan fingerprint density at radius 1 is 0.806 bits per heavy atom. The summed E-state index contributed by atoms with van der Waals surface area (Å²) < 4.78 is 32.2. The summed E-state index contributed by atoms with van der Waals surface area (Å²) in [4.78, 5) is 70.1. The van der Waals surface area contributed by atoms with Gasteiger partial charge in [-0.1, -0.05) is 93.2 Å². The smallest absolute Gasteiger partial charge is 0.251 e. The second kappa shape index (κ2) is 20.1. The van der Waals surface area contributed by atoms with Crippen LogP contribution in [0.3, 0.4) is 0 Å². The minimum Gasteiger partial charge on any atom is -0.368 e. The van der Waals surface area contributed by atoms with Crippen LogP contribution in [0.25, 0.3) is 0 Å². The van der Waals surface area contributed by atoms with Crippen LogP contribution in [0.1, 0.15) is 114 Å². The van der Waals surface area contributed by atoms with E-state index in [1.807, 2.05) is 54.6 Å². The molecule has 12 nitrogen and oxygen atoms in total. The van der Waals surface area contributed by atoms with Gasteiger partial charge in [-0.05, 0) is 130 Å². The Morgan fingerprint density at radius 3 is 2.15 bits per heavy atom. The van der Waals surface area contributed by atoms with E-state index in [0.717, 1.165) is 74.5 Å². The first-order valence-corrected chi connectivity index (χ1v) is 26.2. The molecular formula is C58H68F2N8O4. The molecule has 378 valence electrons. The number of carbonyl (C=O) groups excluding carboxylic acids is 4. The van der Waals surface area contributed by atoms with Gasteiger partial charge < -0.3 is 25.4 Å². The fourth-order valence-electron chi connectivity index (χ4n) is 13.2. The number of fused-ring (bicyclic) bond motifs is 1. The Morgan fingerprint density at radius 2 is 1.47 bits per heavy atom. The Hall–Kier alpha value is -6.57. The average molecular weight is 979 g/mol. The number of aromatic nitrogens is 2. The third kappa shape index (κ3) is 9.37. The molecular weight excluding hydrogens is 911 g/mol. The number of amides is 4. The number of benzene rings is 3. The number of nitrogens with zero attached hydrogens (tertiary/aromatic N) is 5. The number of halogens is 2. The van der Waals surface area contributed by atoms with Crippen molar-refractivity contribution >= 4 is 35.0 Å². The van der Waals surface area contributed by atoms with Gasteiger partial charge in [-0.2, -0.15) is 0 Å². The van der Waals surface area contributed by atoms with Crippen LogP contribution in [0, 0.1) is 30.4 Å². The van der Waals surface area contributed by atoms with Crippen molar-refractivity contribution in [2.45, 2.75) is 152 Å². The summed E-state index contributed by atoms with van der Waals surface area (Å²) in [6.07, 6.45) is 22.5. The second-order valence-electron chi connectivity index (χ2n) is 21.6. The number of hydrogen-bond donors (Lipinski definition) is 3. The van der Waals surface area contributed by atoms with E-state index in [0.29, 0.717) is 42.9 Å². The number of rotatable bonds is 14. The second-order valence-corrected chi connectivity index (χ2v) is 21.6. The summed E-state index contributed by atoms with van der Waals surface area (Å²) in [5.74, 6) is -1.15. The molecule has 2 heterocycles. The highest BCUT2D eigenvalue weighted by molar-refractivity contribution is 6.08. The third-order valence-electron chi connectivity index (χ3n) is 16.8. The lowest BCUT2D eigenvalue weighted by atomic mass is 9.79. The fourth-order valence-corrected chi connectivity index (χ4v) is 13.2. The lowest BCUT2D eigenvalue weighted by Crippen LogP contribution is -2.64. The van der Waals surface area contributed by atoms with Gasteiger partial charge in [0.05, 0.1) is 6.54 Å². The predicted molar refractivity (Wildman–Crippen MR) is 274 cm³/mol. The van der Waals surface area contributed by atoms with Gasteiger partial charge in [0.1, 0.15) is 35.2 Å². The number of carbonyl (C=O) groups is 4. The largest absolute Gasteiger partial charge is 0.368 e. The minimum absolute atomic E-state index is 0.00685. The Labute approximate surface area is 422 Å². The first kappa shape index (κ1) is 49.0. The molecule has 0 radical (unpaired) electrons. The number of hydrogen-bond acceptors (Lipinski definition) is 7. The highest BCUT2D eigenvalue weighted by Gasteiger charge is 2.56. The van der Waals surface area contributed by atoms with Gasteiger partial charge in [0.15, 0.2) is 5.54 Å². The summed E-state index contributed by atoms with van der Waals surface area (Å²) in [7, 11) is 0. The Kier molecular flexibility index (Phi) is 13.7. The van der Waals surface area contributed by atoms with Crippen molar-refractivity contribution in [3.8, 4) is 0 Å². The maximum absolute atomic E-state index is 15.4.